The van der Waals surface area contributed by atoms with Gasteiger partial charge in [0.25, 0.3) is 5.69 Å². The number of nitro benzene ring substituents is 1. The number of esters is 1. The van der Waals surface area contributed by atoms with Crippen molar-refractivity contribution in [2.75, 3.05) is 19.0 Å². The van der Waals surface area contributed by atoms with E-state index >= 15 is 0 Å². The Morgan fingerprint density at radius 2 is 2.31 bits per heavy atom. The molecule has 1 aliphatic rings. The van der Waals surface area contributed by atoms with Crippen LogP contribution in [0, 0.1) is 10.1 Å². The molecule has 0 amide bonds. The summed E-state index contributed by atoms with van der Waals surface area (Å²) in [5.41, 5.74) is 1.44. The largest absolute Gasteiger partial charge is 0.465 e. The zero-order valence-corrected chi connectivity index (χ0v) is 8.65. The van der Waals surface area contributed by atoms with Crippen molar-refractivity contribution < 1.29 is 14.5 Å². The molecule has 0 saturated carbocycles. The molecule has 1 heterocycles. The number of carbonyl (C=O) groups is 1. The van der Waals surface area contributed by atoms with Crippen LogP contribution in [0.3, 0.4) is 0 Å². The van der Waals surface area contributed by atoms with E-state index in [1.165, 1.54) is 13.2 Å². The van der Waals surface area contributed by atoms with Crippen LogP contribution in [0.15, 0.2) is 12.1 Å². The molecule has 2 rings (SSSR count). The van der Waals surface area contributed by atoms with E-state index in [1.807, 2.05) is 0 Å². The van der Waals surface area contributed by atoms with Crippen molar-refractivity contribution in [3.63, 3.8) is 0 Å². The first-order valence-corrected chi connectivity index (χ1v) is 4.77. The lowest BCUT2D eigenvalue weighted by Crippen LogP contribution is -2.04. The van der Waals surface area contributed by atoms with Gasteiger partial charge < -0.3 is 10.1 Å². The second-order valence-electron chi connectivity index (χ2n) is 3.45. The zero-order valence-electron chi connectivity index (χ0n) is 8.65. The van der Waals surface area contributed by atoms with Crippen LogP contribution in [0.1, 0.15) is 15.9 Å². The molecule has 0 saturated heterocycles. The number of rotatable bonds is 2. The average molecular weight is 222 g/mol. The maximum atomic E-state index is 11.3. The monoisotopic (exact) mass is 222 g/mol. The third kappa shape index (κ3) is 1.58. The number of nitrogens with zero attached hydrogens (tertiary/aromatic N) is 1. The number of ether oxygens (including phenoxy) is 1. The third-order valence-corrected chi connectivity index (χ3v) is 2.51. The Balaban J connectivity index is 2.56. The zero-order chi connectivity index (χ0) is 11.7. The highest BCUT2D eigenvalue weighted by molar-refractivity contribution is 5.92. The normalized spacial score (nSPS) is 12.8. The Kier molecular flexibility index (Phi) is 2.47. The predicted molar refractivity (Wildman–Crippen MR) is 56.6 cm³/mol. The number of anilines is 1. The molecule has 84 valence electrons. The van der Waals surface area contributed by atoms with Crippen molar-refractivity contribution in [2.24, 2.45) is 0 Å². The summed E-state index contributed by atoms with van der Waals surface area (Å²) in [4.78, 5) is 21.7. The Morgan fingerprint density at radius 3 is 2.94 bits per heavy atom. The number of benzene rings is 1. The van der Waals surface area contributed by atoms with Crippen LogP contribution in [0.5, 0.6) is 0 Å². The number of carbonyl (C=O) groups excluding carboxylic acids is 1. The van der Waals surface area contributed by atoms with Crippen molar-refractivity contribution in [1.29, 1.82) is 0 Å². The number of hydrogen-bond donors (Lipinski definition) is 1. The second-order valence-corrected chi connectivity index (χ2v) is 3.45. The van der Waals surface area contributed by atoms with Crippen LogP contribution in [-0.2, 0) is 11.2 Å². The molecule has 0 aliphatic carbocycles. The molecule has 16 heavy (non-hydrogen) atoms. The van der Waals surface area contributed by atoms with Crippen LogP contribution in [0.2, 0.25) is 0 Å². The van der Waals surface area contributed by atoms with Crippen molar-refractivity contribution in [3.05, 3.63) is 33.4 Å². The first-order chi connectivity index (χ1) is 7.63. The maximum absolute atomic E-state index is 11.3. The van der Waals surface area contributed by atoms with Crippen LogP contribution in [-0.4, -0.2) is 24.5 Å². The third-order valence-electron chi connectivity index (χ3n) is 2.51. The van der Waals surface area contributed by atoms with E-state index in [1.54, 1.807) is 6.07 Å². The van der Waals surface area contributed by atoms with Gasteiger partial charge in [0.1, 0.15) is 5.69 Å². The molecule has 0 unspecified atom stereocenters. The van der Waals surface area contributed by atoms with E-state index in [2.05, 4.69) is 10.1 Å². The second kappa shape index (κ2) is 3.80. The Labute approximate surface area is 91.4 Å². The van der Waals surface area contributed by atoms with E-state index in [4.69, 9.17) is 0 Å². The highest BCUT2D eigenvalue weighted by atomic mass is 16.6. The average Bonchev–Trinajstić information content (AvgIpc) is 2.74. The maximum Gasteiger partial charge on any atom is 0.338 e. The van der Waals surface area contributed by atoms with Crippen LogP contribution in [0.4, 0.5) is 11.4 Å². The van der Waals surface area contributed by atoms with Crippen molar-refractivity contribution in [1.82, 2.24) is 0 Å². The van der Waals surface area contributed by atoms with Crippen molar-refractivity contribution in [3.8, 4) is 0 Å². The summed E-state index contributed by atoms with van der Waals surface area (Å²) in [5, 5.41) is 13.8. The van der Waals surface area contributed by atoms with E-state index in [0.717, 1.165) is 5.56 Å². The lowest BCUT2D eigenvalue weighted by atomic mass is 10.1. The van der Waals surface area contributed by atoms with Gasteiger partial charge in [-0.1, -0.05) is 0 Å². The van der Waals surface area contributed by atoms with Gasteiger partial charge in [0.05, 0.1) is 17.6 Å². The molecule has 1 N–H and O–H groups in total. The number of fused-ring (bicyclic) bond motifs is 1. The molecule has 0 fully saturated rings. The lowest BCUT2D eigenvalue weighted by molar-refractivity contribution is -0.384. The fraction of sp³-hybridized carbons (Fsp3) is 0.300. The molecule has 6 heteroatoms. The molecule has 1 aromatic rings. The van der Waals surface area contributed by atoms with Gasteiger partial charge in [0, 0.05) is 12.6 Å². The minimum Gasteiger partial charge on any atom is -0.465 e. The number of hydrogen-bond acceptors (Lipinski definition) is 5. The molecular weight excluding hydrogens is 212 g/mol. The smallest absolute Gasteiger partial charge is 0.338 e. The molecular formula is C10H10N2O4. The van der Waals surface area contributed by atoms with E-state index in [0.29, 0.717) is 18.7 Å². The molecule has 0 radical (unpaired) electrons. The summed E-state index contributed by atoms with van der Waals surface area (Å²) in [6.07, 6.45) is 0.682. The van der Waals surface area contributed by atoms with Crippen LogP contribution >= 0.6 is 0 Å². The molecule has 0 spiro atoms. The van der Waals surface area contributed by atoms with E-state index in [9.17, 15) is 14.9 Å². The van der Waals surface area contributed by atoms with Gasteiger partial charge in [0.15, 0.2) is 0 Å². The topological polar surface area (TPSA) is 81.5 Å². The summed E-state index contributed by atoms with van der Waals surface area (Å²) >= 11 is 0. The van der Waals surface area contributed by atoms with Gasteiger partial charge in [-0.3, -0.25) is 10.1 Å². The number of methoxy groups -OCH3 is 1. The van der Waals surface area contributed by atoms with Gasteiger partial charge in [-0.05, 0) is 18.1 Å². The fourth-order valence-corrected chi connectivity index (χ4v) is 1.79. The van der Waals surface area contributed by atoms with Crippen LogP contribution < -0.4 is 5.32 Å². The molecule has 0 bridgehead atoms. The summed E-state index contributed by atoms with van der Waals surface area (Å²) in [6.45, 7) is 0.654. The standard InChI is InChI=1S/C10H10N2O4/c1-16-10(13)7-4-6-2-3-11-9(6)8(5-7)12(14)15/h4-5,11H,2-3H2,1H3. The lowest BCUT2D eigenvalue weighted by Gasteiger charge is -2.04. The van der Waals surface area contributed by atoms with Gasteiger partial charge in [-0.25, -0.2) is 4.79 Å². The summed E-state index contributed by atoms with van der Waals surface area (Å²) in [5.74, 6) is -0.558. The number of nitro groups is 1. The summed E-state index contributed by atoms with van der Waals surface area (Å²) in [6, 6.07) is 2.87. The van der Waals surface area contributed by atoms with E-state index < -0.39 is 10.9 Å². The fourth-order valence-electron chi connectivity index (χ4n) is 1.79. The minimum absolute atomic E-state index is 0.0737. The molecule has 0 aromatic heterocycles. The highest BCUT2D eigenvalue weighted by Crippen LogP contribution is 2.33. The first kappa shape index (κ1) is 10.4. The van der Waals surface area contributed by atoms with E-state index in [-0.39, 0.29) is 11.3 Å². The summed E-state index contributed by atoms with van der Waals surface area (Å²) in [7, 11) is 1.25. The van der Waals surface area contributed by atoms with Crippen LogP contribution in [0.25, 0.3) is 0 Å². The molecule has 1 aliphatic heterocycles. The van der Waals surface area contributed by atoms with Crippen molar-refractivity contribution >= 4 is 17.3 Å². The predicted octanol–water partition coefficient (Wildman–Crippen LogP) is 1.35. The Bertz CT molecular complexity index is 470. The Hall–Kier alpha value is -2.11. The Morgan fingerprint density at radius 1 is 1.56 bits per heavy atom. The van der Waals surface area contributed by atoms with Gasteiger partial charge in [-0.15, -0.1) is 0 Å². The molecule has 6 nitrogen and oxygen atoms in total. The summed E-state index contributed by atoms with van der Waals surface area (Å²) < 4.78 is 4.55. The quantitative estimate of drug-likeness (QED) is 0.464. The minimum atomic E-state index is -0.558. The van der Waals surface area contributed by atoms with Gasteiger partial charge >= 0.3 is 5.97 Å². The molecule has 1 aromatic carbocycles. The number of nitrogens with one attached hydrogen (secondary N) is 1. The highest BCUT2D eigenvalue weighted by Gasteiger charge is 2.25. The SMILES string of the molecule is COC(=O)c1cc2c(c([N+](=O)[O-])c1)NCC2. The first-order valence-electron chi connectivity index (χ1n) is 4.77. The molecule has 0 atom stereocenters. The van der Waals surface area contributed by atoms with Crippen molar-refractivity contribution in [2.45, 2.75) is 6.42 Å². The van der Waals surface area contributed by atoms with Gasteiger partial charge in [-0.2, -0.15) is 0 Å². The van der Waals surface area contributed by atoms with Gasteiger partial charge in [0.2, 0.25) is 0 Å².